The Bertz CT molecular complexity index is 470. The number of ketones is 1. The Labute approximate surface area is 110 Å². The molecular weight excluding hydrogens is 260 g/mol. The number of hydrogen-bond acceptors (Lipinski definition) is 5. The highest BCUT2D eigenvalue weighted by Crippen LogP contribution is 2.35. The maximum Gasteiger partial charge on any atom is 0.379 e. The summed E-state index contributed by atoms with van der Waals surface area (Å²) in [6.07, 6.45) is 0. The van der Waals surface area contributed by atoms with Crippen molar-refractivity contribution in [2.24, 2.45) is 0 Å². The Kier molecular flexibility index (Phi) is 4.97. The van der Waals surface area contributed by atoms with Crippen molar-refractivity contribution in [1.29, 1.82) is 0 Å². The van der Waals surface area contributed by atoms with E-state index in [1.165, 1.54) is 26.4 Å². The lowest BCUT2D eigenvalue weighted by Crippen LogP contribution is -2.19. The van der Waals surface area contributed by atoms with Crippen molar-refractivity contribution >= 4 is 23.4 Å². The van der Waals surface area contributed by atoms with Crippen molar-refractivity contribution in [3.8, 4) is 11.5 Å². The van der Waals surface area contributed by atoms with Gasteiger partial charge in [-0.05, 0) is 19.1 Å². The number of ether oxygens (including phenoxy) is 3. The van der Waals surface area contributed by atoms with E-state index in [1.807, 2.05) is 0 Å². The molecule has 18 heavy (non-hydrogen) atoms. The summed E-state index contributed by atoms with van der Waals surface area (Å²) in [5, 5.41) is 0.214. The van der Waals surface area contributed by atoms with Crippen molar-refractivity contribution in [3.63, 3.8) is 0 Å². The molecule has 6 heteroatoms. The average Bonchev–Trinajstić information content (AvgIpc) is 2.37. The van der Waals surface area contributed by atoms with Gasteiger partial charge < -0.3 is 14.2 Å². The van der Waals surface area contributed by atoms with Gasteiger partial charge in [0.2, 0.25) is 0 Å². The van der Waals surface area contributed by atoms with Crippen LogP contribution >= 0.6 is 11.6 Å². The van der Waals surface area contributed by atoms with Crippen molar-refractivity contribution in [1.82, 2.24) is 0 Å². The number of Topliss-reactive ketones (excluding diaryl/α,β-unsaturated/α-hetero) is 1. The topological polar surface area (TPSA) is 61.8 Å². The predicted molar refractivity (Wildman–Crippen MR) is 65.5 cm³/mol. The van der Waals surface area contributed by atoms with E-state index in [2.05, 4.69) is 4.74 Å². The first-order valence-electron chi connectivity index (χ1n) is 5.18. The van der Waals surface area contributed by atoms with Crippen molar-refractivity contribution in [3.05, 3.63) is 22.7 Å². The lowest BCUT2D eigenvalue weighted by atomic mass is 10.1. The Morgan fingerprint density at radius 2 is 1.89 bits per heavy atom. The SMILES string of the molecule is CCOC(=O)C(=O)c1c(OC)ccc(Cl)c1OC. The summed E-state index contributed by atoms with van der Waals surface area (Å²) in [5.41, 5.74) is -0.0362. The summed E-state index contributed by atoms with van der Waals surface area (Å²) in [5.74, 6) is -1.53. The van der Waals surface area contributed by atoms with Crippen LogP contribution in [0.25, 0.3) is 0 Å². The van der Waals surface area contributed by atoms with Gasteiger partial charge in [-0.1, -0.05) is 11.6 Å². The van der Waals surface area contributed by atoms with E-state index in [1.54, 1.807) is 6.92 Å². The van der Waals surface area contributed by atoms with E-state index in [-0.39, 0.29) is 28.7 Å². The second-order valence-electron chi connectivity index (χ2n) is 3.21. The van der Waals surface area contributed by atoms with Crippen LogP contribution in [-0.4, -0.2) is 32.6 Å². The molecule has 0 unspecified atom stereocenters. The number of halogens is 1. The molecule has 0 saturated carbocycles. The van der Waals surface area contributed by atoms with Gasteiger partial charge in [-0.15, -0.1) is 0 Å². The predicted octanol–water partition coefficient (Wildman–Crippen LogP) is 2.10. The molecule has 5 nitrogen and oxygen atoms in total. The number of carbonyl (C=O) groups excluding carboxylic acids is 2. The first kappa shape index (κ1) is 14.3. The molecule has 0 spiro atoms. The molecule has 1 aromatic carbocycles. The molecule has 1 aromatic rings. The highest BCUT2D eigenvalue weighted by atomic mass is 35.5. The summed E-state index contributed by atoms with van der Waals surface area (Å²) < 4.78 is 14.7. The number of benzene rings is 1. The van der Waals surface area contributed by atoms with E-state index in [0.29, 0.717) is 0 Å². The van der Waals surface area contributed by atoms with Crippen molar-refractivity contribution < 1.29 is 23.8 Å². The standard InChI is InChI=1S/C12H13ClO5/c1-4-18-12(15)10(14)9-8(16-2)6-5-7(13)11(9)17-3/h5-6H,4H2,1-3H3. The molecule has 0 fully saturated rings. The van der Waals surface area contributed by atoms with Gasteiger partial charge in [-0.2, -0.15) is 0 Å². The van der Waals surface area contributed by atoms with Gasteiger partial charge in [-0.25, -0.2) is 4.79 Å². The van der Waals surface area contributed by atoms with Crippen molar-refractivity contribution in [2.75, 3.05) is 20.8 Å². The molecule has 0 aliphatic heterocycles. The summed E-state index contributed by atoms with van der Waals surface area (Å²) in [7, 11) is 2.73. The van der Waals surface area contributed by atoms with Crippen LogP contribution in [0.4, 0.5) is 0 Å². The van der Waals surface area contributed by atoms with Crippen LogP contribution in [0.5, 0.6) is 11.5 Å². The van der Waals surface area contributed by atoms with E-state index in [0.717, 1.165) is 0 Å². The van der Waals surface area contributed by atoms with Crippen LogP contribution in [0.1, 0.15) is 17.3 Å². The lowest BCUT2D eigenvalue weighted by molar-refractivity contribution is -0.137. The fourth-order valence-electron chi connectivity index (χ4n) is 1.42. The monoisotopic (exact) mass is 272 g/mol. The molecule has 1 rings (SSSR count). The van der Waals surface area contributed by atoms with Gasteiger partial charge in [0.25, 0.3) is 5.78 Å². The molecular formula is C12H13ClO5. The van der Waals surface area contributed by atoms with Crippen LogP contribution in [0.2, 0.25) is 5.02 Å². The molecule has 0 heterocycles. The van der Waals surface area contributed by atoms with Gasteiger partial charge >= 0.3 is 5.97 Å². The maximum atomic E-state index is 12.0. The van der Waals surface area contributed by atoms with E-state index in [4.69, 9.17) is 21.1 Å². The maximum absolute atomic E-state index is 12.0. The molecule has 0 aliphatic rings. The molecule has 0 N–H and O–H groups in total. The highest BCUT2D eigenvalue weighted by Gasteiger charge is 2.27. The molecule has 0 aromatic heterocycles. The summed E-state index contributed by atoms with van der Waals surface area (Å²) >= 11 is 5.90. The van der Waals surface area contributed by atoms with E-state index >= 15 is 0 Å². The summed E-state index contributed by atoms with van der Waals surface area (Å²) in [6.45, 7) is 1.72. The number of esters is 1. The first-order chi connectivity index (χ1) is 8.56. The molecule has 0 amide bonds. The molecule has 0 bridgehead atoms. The Hall–Kier alpha value is -1.75. The Morgan fingerprint density at radius 3 is 2.39 bits per heavy atom. The number of hydrogen-bond donors (Lipinski definition) is 0. The average molecular weight is 273 g/mol. The Balaban J connectivity index is 3.32. The van der Waals surface area contributed by atoms with Crippen LogP contribution in [0.3, 0.4) is 0 Å². The van der Waals surface area contributed by atoms with Crippen LogP contribution < -0.4 is 9.47 Å². The van der Waals surface area contributed by atoms with Gasteiger partial charge in [-0.3, -0.25) is 4.79 Å². The Morgan fingerprint density at radius 1 is 1.22 bits per heavy atom. The fraction of sp³-hybridized carbons (Fsp3) is 0.333. The summed E-state index contributed by atoms with van der Waals surface area (Å²) in [4.78, 5) is 23.4. The fourth-order valence-corrected chi connectivity index (χ4v) is 1.66. The van der Waals surface area contributed by atoms with Crippen LogP contribution in [0.15, 0.2) is 12.1 Å². The molecule has 0 saturated heterocycles. The minimum Gasteiger partial charge on any atom is -0.496 e. The second-order valence-corrected chi connectivity index (χ2v) is 3.61. The smallest absolute Gasteiger partial charge is 0.379 e. The van der Waals surface area contributed by atoms with Crippen molar-refractivity contribution in [2.45, 2.75) is 6.92 Å². The molecule has 0 atom stereocenters. The zero-order valence-corrected chi connectivity index (χ0v) is 11.0. The summed E-state index contributed by atoms with van der Waals surface area (Å²) in [6, 6.07) is 3.00. The number of methoxy groups -OCH3 is 2. The largest absolute Gasteiger partial charge is 0.496 e. The molecule has 98 valence electrons. The zero-order chi connectivity index (χ0) is 13.7. The quantitative estimate of drug-likeness (QED) is 0.467. The number of carbonyl (C=O) groups is 2. The normalized spacial score (nSPS) is 9.78. The van der Waals surface area contributed by atoms with Gasteiger partial charge in [0.1, 0.15) is 11.3 Å². The zero-order valence-electron chi connectivity index (χ0n) is 10.3. The van der Waals surface area contributed by atoms with E-state index < -0.39 is 11.8 Å². The van der Waals surface area contributed by atoms with Gasteiger partial charge in [0, 0.05) is 0 Å². The second kappa shape index (κ2) is 6.26. The third kappa shape index (κ3) is 2.73. The minimum absolute atomic E-state index is 0.0362. The highest BCUT2D eigenvalue weighted by molar-refractivity contribution is 6.43. The first-order valence-corrected chi connectivity index (χ1v) is 5.56. The lowest BCUT2D eigenvalue weighted by Gasteiger charge is -2.12. The van der Waals surface area contributed by atoms with Gasteiger partial charge in [0.15, 0.2) is 5.75 Å². The van der Waals surface area contributed by atoms with Crippen LogP contribution in [-0.2, 0) is 9.53 Å². The molecule has 0 aliphatic carbocycles. The number of rotatable bonds is 5. The molecule has 0 radical (unpaired) electrons. The van der Waals surface area contributed by atoms with Crippen LogP contribution in [0, 0.1) is 0 Å². The third-order valence-corrected chi connectivity index (χ3v) is 2.48. The van der Waals surface area contributed by atoms with Gasteiger partial charge in [0.05, 0.1) is 25.8 Å². The third-order valence-electron chi connectivity index (χ3n) is 2.18. The van der Waals surface area contributed by atoms with E-state index in [9.17, 15) is 9.59 Å². The minimum atomic E-state index is -0.976.